The van der Waals surface area contributed by atoms with E-state index in [9.17, 15) is 9.59 Å². The number of carboxylic acids is 2. The van der Waals surface area contributed by atoms with E-state index in [4.69, 9.17) is 20.4 Å². The summed E-state index contributed by atoms with van der Waals surface area (Å²) >= 11 is 0. The van der Waals surface area contributed by atoms with Crippen LogP contribution in [0.4, 0.5) is 5.95 Å². The van der Waals surface area contributed by atoms with Crippen molar-refractivity contribution in [1.82, 2.24) is 20.2 Å². The normalized spacial score (nSPS) is 12.4. The highest BCUT2D eigenvalue weighted by atomic mass is 16.4. The van der Waals surface area contributed by atoms with Gasteiger partial charge in [0, 0.05) is 13.1 Å². The molecule has 0 saturated carbocycles. The molecule has 1 aromatic carbocycles. The minimum absolute atomic E-state index is 0.748. The van der Waals surface area contributed by atoms with Crippen LogP contribution < -0.4 is 5.32 Å². The first-order chi connectivity index (χ1) is 14.9. The summed E-state index contributed by atoms with van der Waals surface area (Å²) in [6.45, 7) is 3.87. The summed E-state index contributed by atoms with van der Waals surface area (Å²) in [7, 11) is 0. The summed E-state index contributed by atoms with van der Waals surface area (Å²) in [4.78, 5) is 19.5. The molecule has 0 aliphatic heterocycles. The van der Waals surface area contributed by atoms with Crippen LogP contribution in [0.1, 0.15) is 51.0 Å². The van der Waals surface area contributed by atoms with Gasteiger partial charge in [-0.05, 0) is 22.4 Å². The van der Waals surface area contributed by atoms with Crippen molar-refractivity contribution >= 4 is 17.9 Å². The van der Waals surface area contributed by atoms with Gasteiger partial charge in [-0.3, -0.25) is 0 Å². The predicted octanol–water partition coefficient (Wildman–Crippen LogP) is 1.52. The summed E-state index contributed by atoms with van der Waals surface area (Å²) in [6, 6.07) is 10.3. The van der Waals surface area contributed by atoms with Crippen molar-refractivity contribution in [3.8, 4) is 0 Å². The third kappa shape index (κ3) is 10.5. The number of aliphatic carboxylic acids is 2. The fourth-order valence-electron chi connectivity index (χ4n) is 2.57. The Morgan fingerprint density at radius 2 is 1.55 bits per heavy atom. The molecule has 2 atom stereocenters. The first-order valence-corrected chi connectivity index (χ1v) is 10.2. The van der Waals surface area contributed by atoms with E-state index < -0.39 is 24.1 Å². The van der Waals surface area contributed by atoms with Crippen LogP contribution in [0, 0.1) is 0 Å². The molecule has 0 saturated heterocycles. The van der Waals surface area contributed by atoms with Crippen LogP contribution in [0.25, 0.3) is 0 Å². The lowest BCUT2D eigenvalue weighted by Gasteiger charge is -2.07. The molecule has 11 heteroatoms. The van der Waals surface area contributed by atoms with E-state index in [0.29, 0.717) is 0 Å². The van der Waals surface area contributed by atoms with Gasteiger partial charge in [0.25, 0.3) is 0 Å². The van der Waals surface area contributed by atoms with Crippen LogP contribution in [-0.4, -0.2) is 64.8 Å². The number of nitrogens with one attached hydrogen (secondary N) is 1. The van der Waals surface area contributed by atoms with E-state index in [1.807, 2.05) is 22.9 Å². The van der Waals surface area contributed by atoms with Crippen LogP contribution >= 0.6 is 0 Å². The third-order valence-corrected chi connectivity index (χ3v) is 4.35. The quantitative estimate of drug-likeness (QED) is 0.289. The fraction of sp³-hybridized carbons (Fsp3) is 0.550. The van der Waals surface area contributed by atoms with Gasteiger partial charge >= 0.3 is 11.9 Å². The monoisotopic (exact) mass is 437 g/mol. The third-order valence-electron chi connectivity index (χ3n) is 4.35. The van der Waals surface area contributed by atoms with E-state index in [2.05, 4.69) is 39.9 Å². The summed E-state index contributed by atoms with van der Waals surface area (Å²) in [5, 5.41) is 47.7. The number of hydrogen-bond acceptors (Lipinski definition) is 8. The molecule has 0 radical (unpaired) electrons. The van der Waals surface area contributed by atoms with E-state index in [1.54, 1.807) is 0 Å². The molecule has 11 nitrogen and oxygen atoms in total. The number of tetrazole rings is 1. The second kappa shape index (κ2) is 14.9. The Morgan fingerprint density at radius 3 is 2.13 bits per heavy atom. The van der Waals surface area contributed by atoms with Crippen LogP contribution in [0.2, 0.25) is 0 Å². The fourth-order valence-corrected chi connectivity index (χ4v) is 2.57. The highest BCUT2D eigenvalue weighted by molar-refractivity contribution is 5.83. The number of benzene rings is 1. The average molecular weight is 437 g/mol. The number of anilines is 1. The molecule has 2 aromatic rings. The van der Waals surface area contributed by atoms with E-state index in [1.165, 1.54) is 37.7 Å². The molecular formula is C20H31N5O6. The van der Waals surface area contributed by atoms with Gasteiger partial charge in [0.05, 0.1) is 0 Å². The predicted molar refractivity (Wildman–Crippen MR) is 112 cm³/mol. The molecule has 0 bridgehead atoms. The molecule has 1 aromatic heterocycles. The number of carboxylic acid groups (broad SMARTS) is 2. The number of aryl methyl sites for hydroxylation is 1. The molecule has 0 amide bonds. The summed E-state index contributed by atoms with van der Waals surface area (Å²) in [5.74, 6) is -2.78. The minimum atomic E-state index is -2.27. The Bertz CT molecular complexity index is 752. The average Bonchev–Trinajstić information content (AvgIpc) is 3.22. The lowest BCUT2D eigenvalue weighted by Crippen LogP contribution is -2.39. The topological polar surface area (TPSA) is 171 Å². The molecule has 172 valence electrons. The first-order valence-electron chi connectivity index (χ1n) is 10.2. The van der Waals surface area contributed by atoms with Crippen molar-refractivity contribution in [2.75, 3.05) is 5.32 Å². The first kappa shape index (κ1) is 26.0. The molecule has 0 aliphatic carbocycles. The maximum absolute atomic E-state index is 9.77. The van der Waals surface area contributed by atoms with Crippen molar-refractivity contribution in [2.24, 2.45) is 0 Å². The number of rotatable bonds is 13. The largest absolute Gasteiger partial charge is 0.479 e. The van der Waals surface area contributed by atoms with Gasteiger partial charge in [0.1, 0.15) is 0 Å². The summed E-state index contributed by atoms with van der Waals surface area (Å²) in [6.07, 6.45) is 3.13. The Balaban J connectivity index is 0.000000407. The number of nitrogens with zero attached hydrogens (tertiary/aromatic N) is 4. The lowest BCUT2D eigenvalue weighted by molar-refractivity contribution is -0.165. The standard InChI is InChI=1S/C16H25N5.C4H6O6/c1-2-3-4-5-6-10-13-21-16(18-19-20-21)17-14-15-11-8-7-9-12-15;5-1(3(7)8)2(6)4(9)10/h7-9,11-12H,2-6,10,13-14H2,1H3,(H,17,18,20);1-2,5-6H,(H,7,8)(H,9,10). The van der Waals surface area contributed by atoms with Gasteiger partial charge < -0.3 is 25.7 Å². The summed E-state index contributed by atoms with van der Waals surface area (Å²) in [5.41, 5.74) is 1.23. The molecule has 5 N–H and O–H groups in total. The van der Waals surface area contributed by atoms with Gasteiger partial charge in [-0.1, -0.05) is 74.5 Å². The van der Waals surface area contributed by atoms with Gasteiger partial charge in [0.15, 0.2) is 12.2 Å². The Labute approximate surface area is 180 Å². The zero-order valence-electron chi connectivity index (χ0n) is 17.6. The molecule has 1 heterocycles. The number of aromatic nitrogens is 4. The molecule has 0 fully saturated rings. The molecule has 2 rings (SSSR count). The highest BCUT2D eigenvalue weighted by Crippen LogP contribution is 2.09. The van der Waals surface area contributed by atoms with Crippen LogP contribution in [0.3, 0.4) is 0 Å². The van der Waals surface area contributed by atoms with Crippen molar-refractivity contribution < 1.29 is 30.0 Å². The van der Waals surface area contributed by atoms with Crippen molar-refractivity contribution in [2.45, 2.75) is 70.7 Å². The minimum Gasteiger partial charge on any atom is -0.479 e. The number of aliphatic hydroxyl groups is 2. The van der Waals surface area contributed by atoms with Crippen LogP contribution in [0.15, 0.2) is 30.3 Å². The van der Waals surface area contributed by atoms with Gasteiger partial charge in [-0.25, -0.2) is 14.3 Å². The lowest BCUT2D eigenvalue weighted by atomic mass is 10.1. The van der Waals surface area contributed by atoms with E-state index >= 15 is 0 Å². The van der Waals surface area contributed by atoms with Gasteiger partial charge in [-0.2, -0.15) is 0 Å². The Morgan fingerprint density at radius 1 is 0.968 bits per heavy atom. The van der Waals surface area contributed by atoms with Gasteiger partial charge in [0.2, 0.25) is 5.95 Å². The SMILES string of the molecule is CCCCCCCCn1nnnc1NCc1ccccc1.O=C(O)C(O)C(O)C(=O)O. The zero-order valence-corrected chi connectivity index (χ0v) is 17.6. The summed E-state index contributed by atoms with van der Waals surface area (Å²) < 4.78 is 1.86. The maximum atomic E-state index is 9.77. The van der Waals surface area contributed by atoms with Crippen molar-refractivity contribution in [3.05, 3.63) is 35.9 Å². The van der Waals surface area contributed by atoms with Crippen molar-refractivity contribution in [1.29, 1.82) is 0 Å². The maximum Gasteiger partial charge on any atom is 0.335 e. The molecule has 2 unspecified atom stereocenters. The molecule has 31 heavy (non-hydrogen) atoms. The second-order valence-corrected chi connectivity index (χ2v) is 6.90. The number of unbranched alkanes of at least 4 members (excludes halogenated alkanes) is 5. The van der Waals surface area contributed by atoms with E-state index in [-0.39, 0.29) is 0 Å². The molecular weight excluding hydrogens is 406 g/mol. The van der Waals surface area contributed by atoms with Crippen LogP contribution in [-0.2, 0) is 22.7 Å². The number of hydrogen-bond donors (Lipinski definition) is 5. The smallest absolute Gasteiger partial charge is 0.335 e. The zero-order chi connectivity index (χ0) is 23.1. The number of carbonyl (C=O) groups is 2. The number of aliphatic hydroxyl groups excluding tert-OH is 2. The second-order valence-electron chi connectivity index (χ2n) is 6.90. The highest BCUT2D eigenvalue weighted by Gasteiger charge is 2.29. The van der Waals surface area contributed by atoms with Crippen molar-refractivity contribution in [3.63, 3.8) is 0 Å². The molecule has 0 spiro atoms. The molecule has 0 aliphatic rings. The van der Waals surface area contributed by atoms with Gasteiger partial charge in [-0.15, -0.1) is 0 Å². The Kier molecular flexibility index (Phi) is 12.5. The Hall–Kier alpha value is -3.05. The van der Waals surface area contributed by atoms with Crippen LogP contribution in [0.5, 0.6) is 0 Å². The van der Waals surface area contributed by atoms with E-state index in [0.717, 1.165) is 25.5 Å².